The number of likely N-dealkylation sites (tertiary alicyclic amines) is 2. The van der Waals surface area contributed by atoms with E-state index >= 15 is 0 Å². The Hall–Kier alpha value is -1.97. The van der Waals surface area contributed by atoms with E-state index in [1.54, 1.807) is 30.3 Å². The molecule has 1 aliphatic carbocycles. The lowest BCUT2D eigenvalue weighted by molar-refractivity contribution is -0.135. The smallest absolute Gasteiger partial charge is 0.243 e. The summed E-state index contributed by atoms with van der Waals surface area (Å²) >= 11 is 0. The van der Waals surface area contributed by atoms with Crippen molar-refractivity contribution in [2.24, 2.45) is 11.3 Å². The third-order valence-electron chi connectivity index (χ3n) is 8.49. The molecule has 0 unspecified atom stereocenters. The molecule has 4 fully saturated rings. The van der Waals surface area contributed by atoms with Gasteiger partial charge >= 0.3 is 0 Å². The Morgan fingerprint density at radius 1 is 0.971 bits per heavy atom. The van der Waals surface area contributed by atoms with Crippen molar-refractivity contribution in [1.82, 2.24) is 19.4 Å². The van der Waals surface area contributed by atoms with Crippen LogP contribution in [0.4, 0.5) is 0 Å². The first-order chi connectivity index (χ1) is 16.4. The van der Waals surface area contributed by atoms with Gasteiger partial charge in [-0.05, 0) is 69.2 Å². The molecule has 1 saturated carbocycles. The molecule has 0 aromatic heterocycles. The van der Waals surface area contributed by atoms with Gasteiger partial charge in [0.1, 0.15) is 6.04 Å². The Bertz CT molecular complexity index is 1020. The highest BCUT2D eigenvalue weighted by molar-refractivity contribution is 7.89. The summed E-state index contributed by atoms with van der Waals surface area (Å²) in [5.41, 5.74) is -0.431. The first-order valence-corrected chi connectivity index (χ1v) is 14.1. The topological polar surface area (TPSA) is 90.0 Å². The second-order valence-corrected chi connectivity index (χ2v) is 12.4. The van der Waals surface area contributed by atoms with Gasteiger partial charge in [-0.2, -0.15) is 4.31 Å². The fourth-order valence-electron chi connectivity index (χ4n) is 6.39. The molecule has 9 heteroatoms. The second kappa shape index (κ2) is 9.24. The fourth-order valence-corrected chi connectivity index (χ4v) is 8.10. The number of likely N-dealkylation sites (N-methyl/N-ethyl adjacent to an activating group) is 1. The maximum atomic E-state index is 13.4. The minimum atomic E-state index is -3.83. The molecule has 3 atom stereocenters. The van der Waals surface area contributed by atoms with Crippen molar-refractivity contribution in [1.29, 1.82) is 0 Å². The molecule has 3 saturated heterocycles. The molecular weight excluding hydrogens is 452 g/mol. The Labute approximate surface area is 202 Å². The Balaban J connectivity index is 1.26. The number of amides is 2. The number of carbonyl (C=O) groups is 2. The highest BCUT2D eigenvalue weighted by atomic mass is 32.2. The zero-order valence-electron chi connectivity index (χ0n) is 20.0. The van der Waals surface area contributed by atoms with Gasteiger partial charge in [0.25, 0.3) is 0 Å². The van der Waals surface area contributed by atoms with Gasteiger partial charge in [-0.1, -0.05) is 24.6 Å². The second-order valence-electron chi connectivity index (χ2n) is 10.5. The number of carbonyl (C=O) groups excluding carboxylic acids is 2. The third kappa shape index (κ3) is 4.27. The summed E-state index contributed by atoms with van der Waals surface area (Å²) in [6.07, 6.45) is 6.97. The lowest BCUT2D eigenvalue weighted by atomic mass is 9.97. The first-order valence-electron chi connectivity index (χ1n) is 12.7. The van der Waals surface area contributed by atoms with Crippen molar-refractivity contribution in [3.8, 4) is 0 Å². The zero-order chi connectivity index (χ0) is 23.9. The van der Waals surface area contributed by atoms with Crippen molar-refractivity contribution in [3.63, 3.8) is 0 Å². The lowest BCUT2D eigenvalue weighted by Crippen LogP contribution is -2.48. The molecule has 4 aliphatic rings. The van der Waals surface area contributed by atoms with Crippen molar-refractivity contribution in [2.75, 3.05) is 39.8 Å². The summed E-state index contributed by atoms with van der Waals surface area (Å²) < 4.78 is 28.1. The number of hydrogen-bond donors (Lipinski definition) is 1. The van der Waals surface area contributed by atoms with E-state index in [0.29, 0.717) is 18.9 Å². The van der Waals surface area contributed by atoms with Crippen LogP contribution in [-0.2, 0) is 19.6 Å². The fraction of sp³-hybridized carbons (Fsp3) is 0.680. The molecule has 186 valence electrons. The van der Waals surface area contributed by atoms with Crippen LogP contribution in [0, 0.1) is 11.3 Å². The van der Waals surface area contributed by atoms with Crippen molar-refractivity contribution < 1.29 is 18.0 Å². The van der Waals surface area contributed by atoms with Gasteiger partial charge < -0.3 is 15.1 Å². The molecule has 8 nitrogen and oxygen atoms in total. The highest BCUT2D eigenvalue weighted by Gasteiger charge is 2.66. The van der Waals surface area contributed by atoms with Gasteiger partial charge in [-0.25, -0.2) is 8.42 Å². The van der Waals surface area contributed by atoms with Gasteiger partial charge in [0.2, 0.25) is 21.8 Å². The number of hydrogen-bond acceptors (Lipinski definition) is 5. The average Bonchev–Trinajstić information content (AvgIpc) is 3.44. The van der Waals surface area contributed by atoms with E-state index in [-0.39, 0.29) is 29.2 Å². The number of sulfonamides is 1. The van der Waals surface area contributed by atoms with Crippen molar-refractivity contribution in [3.05, 3.63) is 30.3 Å². The summed E-state index contributed by atoms with van der Waals surface area (Å²) in [6.45, 7) is 4.13. The Morgan fingerprint density at radius 2 is 1.65 bits per heavy atom. The van der Waals surface area contributed by atoms with E-state index in [9.17, 15) is 18.0 Å². The summed E-state index contributed by atoms with van der Waals surface area (Å²) in [5.74, 6) is -0.356. The van der Waals surface area contributed by atoms with E-state index < -0.39 is 21.5 Å². The van der Waals surface area contributed by atoms with E-state index in [4.69, 9.17) is 0 Å². The molecule has 1 N–H and O–H groups in total. The van der Waals surface area contributed by atoms with Gasteiger partial charge in [-0.15, -0.1) is 0 Å². The molecule has 5 rings (SSSR count). The van der Waals surface area contributed by atoms with Crippen LogP contribution in [0.1, 0.15) is 44.9 Å². The van der Waals surface area contributed by atoms with Gasteiger partial charge in [-0.3, -0.25) is 9.59 Å². The Kier molecular flexibility index (Phi) is 6.46. The van der Waals surface area contributed by atoms with E-state index in [2.05, 4.69) is 10.2 Å². The predicted octanol–water partition coefficient (Wildman–Crippen LogP) is 1.68. The summed E-state index contributed by atoms with van der Waals surface area (Å²) in [5, 5.41) is 2.62. The van der Waals surface area contributed by atoms with Crippen molar-refractivity contribution >= 4 is 21.8 Å². The number of nitrogens with one attached hydrogen (secondary N) is 1. The van der Waals surface area contributed by atoms with Crippen LogP contribution >= 0.6 is 0 Å². The van der Waals surface area contributed by atoms with Crippen LogP contribution in [-0.4, -0.2) is 86.2 Å². The molecule has 3 aliphatic heterocycles. The number of rotatable bonds is 5. The monoisotopic (exact) mass is 488 g/mol. The molecule has 0 radical (unpaired) electrons. The summed E-state index contributed by atoms with van der Waals surface area (Å²) in [7, 11) is -2.30. The quantitative estimate of drug-likeness (QED) is 0.681. The molecule has 3 heterocycles. The lowest BCUT2D eigenvalue weighted by Gasteiger charge is -2.40. The molecule has 34 heavy (non-hydrogen) atoms. The maximum Gasteiger partial charge on any atom is 0.243 e. The van der Waals surface area contributed by atoms with Crippen molar-refractivity contribution in [2.45, 2.75) is 61.9 Å². The van der Waals surface area contributed by atoms with E-state index in [0.717, 1.165) is 25.9 Å². The van der Waals surface area contributed by atoms with Crippen LogP contribution in [0.25, 0.3) is 0 Å². The first kappa shape index (κ1) is 23.8. The molecular formula is C25H36N4O4S. The minimum Gasteiger partial charge on any atom is -0.358 e. The normalized spacial score (nSPS) is 31.0. The minimum absolute atomic E-state index is 0.145. The molecule has 0 bridgehead atoms. The van der Waals surface area contributed by atoms with Crippen LogP contribution in [0.5, 0.6) is 0 Å². The van der Waals surface area contributed by atoms with Gasteiger partial charge in [0.05, 0.1) is 4.90 Å². The summed E-state index contributed by atoms with van der Waals surface area (Å²) in [6, 6.07) is 8.05. The SMILES string of the molecule is CNC(=O)[C@@H]1C[C@@]2(C[C@@H]2C(=O)N2CCC(N3CCCCC3)CC2)CN1S(=O)(=O)c1ccccc1. The van der Waals surface area contributed by atoms with E-state index in [1.807, 2.05) is 4.90 Å². The van der Waals surface area contributed by atoms with Crippen LogP contribution in [0.3, 0.4) is 0 Å². The Morgan fingerprint density at radius 3 is 2.29 bits per heavy atom. The third-order valence-corrected chi connectivity index (χ3v) is 10.4. The van der Waals surface area contributed by atoms with Crippen LogP contribution < -0.4 is 5.32 Å². The highest BCUT2D eigenvalue weighted by Crippen LogP contribution is 2.61. The van der Waals surface area contributed by atoms with Gasteiger partial charge in [0.15, 0.2) is 0 Å². The zero-order valence-corrected chi connectivity index (χ0v) is 20.8. The largest absolute Gasteiger partial charge is 0.358 e. The standard InChI is InChI=1S/C25H36N4O4S/c1-26-23(30)22-17-25(18-29(22)34(32,33)20-8-4-2-5-9-20)16-21(25)24(31)28-14-10-19(11-15-28)27-12-6-3-7-13-27/h2,4-5,8-9,19,21-22H,3,6-7,10-18H2,1H3,(H,26,30)/t21-,22+,25+/m1/s1. The molecule has 1 aromatic rings. The number of piperidine rings is 2. The molecule has 1 spiro atoms. The number of nitrogens with zero attached hydrogens (tertiary/aromatic N) is 3. The predicted molar refractivity (Wildman–Crippen MR) is 128 cm³/mol. The van der Waals surface area contributed by atoms with E-state index in [1.165, 1.54) is 43.7 Å². The average molecular weight is 489 g/mol. The number of benzene rings is 1. The molecule has 2 amide bonds. The maximum absolute atomic E-state index is 13.4. The van der Waals surface area contributed by atoms with Crippen LogP contribution in [0.15, 0.2) is 35.2 Å². The summed E-state index contributed by atoms with van der Waals surface area (Å²) in [4.78, 5) is 30.9. The molecule has 1 aromatic carbocycles. The van der Waals surface area contributed by atoms with Gasteiger partial charge in [0, 0.05) is 38.6 Å². The van der Waals surface area contributed by atoms with Crippen LogP contribution in [0.2, 0.25) is 0 Å².